The van der Waals surface area contributed by atoms with Crippen LogP contribution in [0.3, 0.4) is 0 Å². The minimum Gasteiger partial charge on any atom is -0.493 e. The van der Waals surface area contributed by atoms with Gasteiger partial charge in [-0.1, -0.05) is 41.4 Å². The molecule has 0 spiro atoms. The third kappa shape index (κ3) is 9.27. The maximum Gasteiger partial charge on any atom is 0.338 e. The summed E-state index contributed by atoms with van der Waals surface area (Å²) in [6.45, 7) is 7.23. The van der Waals surface area contributed by atoms with Gasteiger partial charge in [0.2, 0.25) is 0 Å². The first-order valence-corrected chi connectivity index (χ1v) is 15.3. The van der Waals surface area contributed by atoms with Crippen molar-refractivity contribution in [2.75, 3.05) is 20.3 Å². The summed E-state index contributed by atoms with van der Waals surface area (Å²) < 4.78 is 22.3. The Labute approximate surface area is 282 Å². The Morgan fingerprint density at radius 2 is 1.81 bits per heavy atom. The summed E-state index contributed by atoms with van der Waals surface area (Å²) in [7, 11) is 1.44. The molecule has 0 bridgehead atoms. The first-order valence-electron chi connectivity index (χ1n) is 14.5. The largest absolute Gasteiger partial charge is 0.493 e. The SMILES string of the molecule is C=CCc1cc(/C=N\NC(=O)COc2ccc([C@@H]3NC(=O)NC(C)=C3C(=O)OCC)cc2OC)ccc1OCc1ccc(Cl)cc1Cl. The number of allylic oxidation sites excluding steroid dienone is 2. The van der Waals surface area contributed by atoms with Crippen molar-refractivity contribution in [2.45, 2.75) is 32.9 Å². The highest BCUT2D eigenvalue weighted by Crippen LogP contribution is 2.34. The predicted molar refractivity (Wildman–Crippen MR) is 179 cm³/mol. The molecule has 3 N–H and O–H groups in total. The number of carbonyl (C=O) groups is 3. The summed E-state index contributed by atoms with van der Waals surface area (Å²) in [5.41, 5.74) is 6.06. The number of nitrogens with one attached hydrogen (secondary N) is 3. The number of hydrazone groups is 1. The van der Waals surface area contributed by atoms with Gasteiger partial charge in [-0.3, -0.25) is 4.79 Å². The van der Waals surface area contributed by atoms with Crippen LogP contribution in [0.2, 0.25) is 10.0 Å². The van der Waals surface area contributed by atoms with E-state index in [1.807, 2.05) is 18.2 Å². The maximum absolute atomic E-state index is 12.6. The Kier molecular flexibility index (Phi) is 12.3. The van der Waals surface area contributed by atoms with Crippen molar-refractivity contribution in [2.24, 2.45) is 5.10 Å². The van der Waals surface area contributed by atoms with Crippen LogP contribution in [0.4, 0.5) is 4.79 Å². The first kappa shape index (κ1) is 34.9. The molecule has 13 heteroatoms. The van der Waals surface area contributed by atoms with Gasteiger partial charge in [0.15, 0.2) is 18.1 Å². The van der Waals surface area contributed by atoms with Crippen LogP contribution in [-0.2, 0) is 27.4 Å². The summed E-state index contributed by atoms with van der Waals surface area (Å²) in [6.07, 6.45) is 3.82. The predicted octanol–water partition coefficient (Wildman–Crippen LogP) is 6.03. The average molecular weight is 682 g/mol. The van der Waals surface area contributed by atoms with Crippen molar-refractivity contribution in [1.82, 2.24) is 16.1 Å². The molecule has 0 saturated heterocycles. The molecular weight excluding hydrogens is 647 g/mol. The molecule has 4 rings (SSSR count). The molecule has 1 atom stereocenters. The molecule has 0 fully saturated rings. The first-order chi connectivity index (χ1) is 22.6. The maximum atomic E-state index is 12.6. The van der Waals surface area contributed by atoms with E-state index in [4.69, 9.17) is 42.1 Å². The number of nitrogens with zero attached hydrogens (tertiary/aromatic N) is 1. The molecule has 0 aliphatic carbocycles. The van der Waals surface area contributed by atoms with Crippen molar-refractivity contribution in [1.29, 1.82) is 0 Å². The Bertz CT molecular complexity index is 1720. The number of esters is 1. The van der Waals surface area contributed by atoms with Gasteiger partial charge in [0.1, 0.15) is 12.4 Å². The van der Waals surface area contributed by atoms with Gasteiger partial charge in [0.25, 0.3) is 5.91 Å². The zero-order valence-electron chi connectivity index (χ0n) is 26.0. The molecular formula is C34H34Cl2N4O7. The van der Waals surface area contributed by atoms with Crippen molar-refractivity contribution in [3.63, 3.8) is 0 Å². The number of methoxy groups -OCH3 is 1. The lowest BCUT2D eigenvalue weighted by atomic mass is 9.95. The Morgan fingerprint density at radius 3 is 2.53 bits per heavy atom. The Hall–Kier alpha value is -5.00. The minimum absolute atomic E-state index is 0.179. The number of hydrogen-bond donors (Lipinski definition) is 3. The normalized spacial score (nSPS) is 14.2. The fourth-order valence-corrected chi connectivity index (χ4v) is 5.15. The van der Waals surface area contributed by atoms with Crippen LogP contribution in [0.25, 0.3) is 0 Å². The van der Waals surface area contributed by atoms with Crippen molar-refractivity contribution < 1.29 is 33.3 Å². The molecule has 1 aliphatic rings. The highest BCUT2D eigenvalue weighted by Gasteiger charge is 2.32. The van der Waals surface area contributed by atoms with Gasteiger partial charge in [0.05, 0.1) is 31.5 Å². The lowest BCUT2D eigenvalue weighted by Gasteiger charge is -2.28. The second kappa shape index (κ2) is 16.5. The van der Waals surface area contributed by atoms with E-state index < -0.39 is 23.9 Å². The van der Waals surface area contributed by atoms with E-state index in [1.165, 1.54) is 13.3 Å². The van der Waals surface area contributed by atoms with Crippen molar-refractivity contribution in [3.8, 4) is 17.2 Å². The van der Waals surface area contributed by atoms with Crippen LogP contribution in [0.5, 0.6) is 17.2 Å². The second-order valence-corrected chi connectivity index (χ2v) is 11.0. The molecule has 1 heterocycles. The van der Waals surface area contributed by atoms with E-state index in [2.05, 4.69) is 27.7 Å². The van der Waals surface area contributed by atoms with E-state index in [-0.39, 0.29) is 31.1 Å². The van der Waals surface area contributed by atoms with Gasteiger partial charge in [-0.05, 0) is 79.4 Å². The molecule has 3 amide bonds. The summed E-state index contributed by atoms with van der Waals surface area (Å²) in [6, 6.07) is 14.4. The summed E-state index contributed by atoms with van der Waals surface area (Å²) in [5.74, 6) is 0.171. The van der Waals surface area contributed by atoms with E-state index >= 15 is 0 Å². The molecule has 47 heavy (non-hydrogen) atoms. The number of benzene rings is 3. The lowest BCUT2D eigenvalue weighted by molar-refractivity contribution is -0.139. The number of ether oxygens (including phenoxy) is 4. The molecule has 0 radical (unpaired) electrons. The van der Waals surface area contributed by atoms with Crippen molar-refractivity contribution in [3.05, 3.63) is 111 Å². The molecule has 11 nitrogen and oxygen atoms in total. The standard InChI is InChI=1S/C34H34Cl2N4O7/c1-5-7-22-14-21(8-12-27(22)46-18-24-9-11-25(35)16-26(24)36)17-37-40-30(41)19-47-28-13-10-23(15-29(28)44-4)32-31(33(42)45-6-2)20(3)38-34(43)39-32/h5,8-17,32H,1,6-7,18-19H2,2-4H3,(H,40,41)(H2,38,39,43)/b37-17-/t32-/m0/s1. The van der Waals surface area contributed by atoms with E-state index in [9.17, 15) is 14.4 Å². The summed E-state index contributed by atoms with van der Waals surface area (Å²) >= 11 is 12.2. The van der Waals surface area contributed by atoms with Gasteiger partial charge < -0.3 is 29.6 Å². The summed E-state index contributed by atoms with van der Waals surface area (Å²) in [5, 5.41) is 10.4. The highest BCUT2D eigenvalue weighted by molar-refractivity contribution is 6.35. The summed E-state index contributed by atoms with van der Waals surface area (Å²) in [4.78, 5) is 37.3. The van der Waals surface area contributed by atoms with Gasteiger partial charge >= 0.3 is 12.0 Å². The zero-order valence-corrected chi connectivity index (χ0v) is 27.5. The average Bonchev–Trinajstić information content (AvgIpc) is 3.04. The van der Waals surface area contributed by atoms with Gasteiger partial charge in [-0.25, -0.2) is 15.0 Å². The molecule has 0 saturated carbocycles. The van der Waals surface area contributed by atoms with Crippen LogP contribution in [0.15, 0.2) is 83.6 Å². The number of rotatable bonds is 14. The number of hydrogen-bond acceptors (Lipinski definition) is 8. The smallest absolute Gasteiger partial charge is 0.338 e. The fraction of sp³-hybridized carbons (Fsp3) is 0.235. The monoisotopic (exact) mass is 680 g/mol. The van der Waals surface area contributed by atoms with Crippen LogP contribution >= 0.6 is 23.2 Å². The number of amides is 3. The van der Waals surface area contributed by atoms with E-state index in [0.717, 1.165) is 16.7 Å². The Morgan fingerprint density at radius 1 is 1.02 bits per heavy atom. The molecule has 1 aliphatic heterocycles. The highest BCUT2D eigenvalue weighted by atomic mass is 35.5. The number of halogens is 2. The third-order valence-corrected chi connectivity index (χ3v) is 7.48. The van der Waals surface area contributed by atoms with Crippen molar-refractivity contribution >= 4 is 47.3 Å². The lowest BCUT2D eigenvalue weighted by Crippen LogP contribution is -2.45. The minimum atomic E-state index is -0.780. The van der Waals surface area contributed by atoms with Gasteiger partial charge in [0, 0.05) is 21.3 Å². The third-order valence-electron chi connectivity index (χ3n) is 6.89. The quantitative estimate of drug-likeness (QED) is 0.0819. The topological polar surface area (TPSA) is 137 Å². The van der Waals surface area contributed by atoms with E-state index in [0.29, 0.717) is 39.2 Å². The van der Waals surface area contributed by atoms with E-state index in [1.54, 1.807) is 56.3 Å². The molecule has 246 valence electrons. The van der Waals surface area contributed by atoms with Gasteiger partial charge in [-0.15, -0.1) is 6.58 Å². The molecule has 3 aromatic rings. The van der Waals surface area contributed by atoms with Crippen LogP contribution in [-0.4, -0.2) is 44.4 Å². The Balaban J connectivity index is 1.37. The van der Waals surface area contributed by atoms with Gasteiger partial charge in [-0.2, -0.15) is 5.10 Å². The molecule has 0 unspecified atom stereocenters. The molecule has 3 aromatic carbocycles. The number of carbonyl (C=O) groups excluding carboxylic acids is 3. The second-order valence-electron chi connectivity index (χ2n) is 10.2. The number of urea groups is 1. The van der Waals surface area contributed by atoms with Crippen LogP contribution in [0, 0.1) is 0 Å². The van der Waals surface area contributed by atoms with Crippen LogP contribution < -0.4 is 30.3 Å². The zero-order chi connectivity index (χ0) is 33.9. The van der Waals surface area contributed by atoms with Crippen LogP contribution in [0.1, 0.15) is 42.1 Å². The molecule has 0 aromatic heterocycles. The fourth-order valence-electron chi connectivity index (χ4n) is 4.69.